The third-order valence-corrected chi connectivity index (χ3v) is 5.26. The maximum atomic E-state index is 12.8. The molecule has 0 radical (unpaired) electrons. The van der Waals surface area contributed by atoms with Crippen LogP contribution in [0.2, 0.25) is 0 Å². The van der Waals surface area contributed by atoms with Crippen LogP contribution in [-0.2, 0) is 0 Å². The summed E-state index contributed by atoms with van der Waals surface area (Å²) in [5, 5.41) is 12.3. The number of carbonyl (C=O) groups excluding carboxylic acids is 1. The van der Waals surface area contributed by atoms with Crippen molar-refractivity contribution in [2.24, 2.45) is 0 Å². The van der Waals surface area contributed by atoms with Gasteiger partial charge in [-0.2, -0.15) is 0 Å². The van der Waals surface area contributed by atoms with Crippen molar-refractivity contribution in [1.82, 2.24) is 9.97 Å². The van der Waals surface area contributed by atoms with E-state index >= 15 is 0 Å². The second-order valence-electron chi connectivity index (χ2n) is 7.38. The average molecular weight is 417 g/mol. The van der Waals surface area contributed by atoms with Crippen molar-refractivity contribution in [2.75, 3.05) is 41.3 Å². The zero-order chi connectivity index (χ0) is 21.8. The molecule has 1 aliphatic heterocycles. The summed E-state index contributed by atoms with van der Waals surface area (Å²) < 4.78 is 0. The molecular weight excluding hydrogens is 394 g/mol. The van der Waals surface area contributed by atoms with Gasteiger partial charge in [-0.3, -0.25) is 4.79 Å². The van der Waals surface area contributed by atoms with Crippen LogP contribution < -0.4 is 15.1 Å². The van der Waals surface area contributed by atoms with E-state index in [9.17, 15) is 14.7 Å². The van der Waals surface area contributed by atoms with Gasteiger partial charge in [-0.1, -0.05) is 17.7 Å². The van der Waals surface area contributed by atoms with Crippen molar-refractivity contribution in [3.63, 3.8) is 0 Å². The summed E-state index contributed by atoms with van der Waals surface area (Å²) in [4.78, 5) is 37.1. The molecule has 158 valence electrons. The largest absolute Gasteiger partial charge is 0.478 e. The number of nitrogens with one attached hydrogen (secondary N) is 1. The lowest BCUT2D eigenvalue weighted by atomic mass is 10.1. The Morgan fingerprint density at radius 3 is 2.16 bits per heavy atom. The highest BCUT2D eigenvalue weighted by Crippen LogP contribution is 2.29. The maximum Gasteiger partial charge on any atom is 0.335 e. The van der Waals surface area contributed by atoms with Crippen molar-refractivity contribution >= 4 is 29.2 Å². The molecule has 1 aromatic heterocycles. The van der Waals surface area contributed by atoms with Crippen molar-refractivity contribution in [1.29, 1.82) is 0 Å². The molecule has 8 nitrogen and oxygen atoms in total. The first-order chi connectivity index (χ1) is 15.0. The highest BCUT2D eigenvalue weighted by atomic mass is 16.4. The van der Waals surface area contributed by atoms with Crippen LogP contribution in [0.1, 0.15) is 26.3 Å². The summed E-state index contributed by atoms with van der Waals surface area (Å²) in [6.45, 7) is 4.78. The van der Waals surface area contributed by atoms with Crippen molar-refractivity contribution in [3.05, 3.63) is 77.6 Å². The zero-order valence-corrected chi connectivity index (χ0v) is 17.2. The normalized spacial score (nSPS) is 13.7. The molecule has 0 aliphatic carbocycles. The number of benzene rings is 2. The number of hydrogen-bond acceptors (Lipinski definition) is 6. The van der Waals surface area contributed by atoms with Gasteiger partial charge < -0.3 is 20.2 Å². The Labute approximate surface area is 180 Å². The van der Waals surface area contributed by atoms with Crippen molar-refractivity contribution in [3.8, 4) is 0 Å². The molecule has 0 unspecified atom stereocenters. The van der Waals surface area contributed by atoms with Gasteiger partial charge in [-0.15, -0.1) is 0 Å². The van der Waals surface area contributed by atoms with E-state index in [-0.39, 0.29) is 11.5 Å². The van der Waals surface area contributed by atoms with E-state index < -0.39 is 5.97 Å². The summed E-state index contributed by atoms with van der Waals surface area (Å²) in [6.07, 6.45) is 3.44. The SMILES string of the molecule is Cc1ccc(C(=O)Nc2cc(C(=O)O)ccc2N2CCN(c3ncccn3)CC2)cc1. The van der Waals surface area contributed by atoms with Crippen LogP contribution in [-0.4, -0.2) is 53.1 Å². The molecular formula is C23H23N5O3. The van der Waals surface area contributed by atoms with Crippen LogP contribution in [0.5, 0.6) is 0 Å². The Bertz CT molecular complexity index is 1080. The third kappa shape index (κ3) is 4.63. The number of anilines is 3. The summed E-state index contributed by atoms with van der Waals surface area (Å²) in [7, 11) is 0. The second kappa shape index (κ2) is 8.83. The number of aryl methyl sites for hydroxylation is 1. The molecule has 4 rings (SSSR count). The van der Waals surface area contributed by atoms with E-state index in [0.717, 1.165) is 24.3 Å². The van der Waals surface area contributed by atoms with Crippen LogP contribution in [0.3, 0.4) is 0 Å². The quantitative estimate of drug-likeness (QED) is 0.658. The zero-order valence-electron chi connectivity index (χ0n) is 17.2. The number of carbonyl (C=O) groups is 2. The molecule has 1 amide bonds. The van der Waals surface area contributed by atoms with Crippen LogP contribution in [0, 0.1) is 6.92 Å². The summed E-state index contributed by atoms with van der Waals surface area (Å²) in [6, 6.07) is 13.9. The topological polar surface area (TPSA) is 98.7 Å². The number of amides is 1. The van der Waals surface area contributed by atoms with E-state index in [1.54, 1.807) is 42.7 Å². The molecule has 2 N–H and O–H groups in total. The lowest BCUT2D eigenvalue weighted by molar-refractivity contribution is 0.0696. The number of carboxylic acids is 1. The Hall–Kier alpha value is -3.94. The van der Waals surface area contributed by atoms with E-state index in [1.165, 1.54) is 6.07 Å². The molecule has 0 atom stereocenters. The van der Waals surface area contributed by atoms with E-state index in [1.807, 2.05) is 19.1 Å². The number of aromatic carboxylic acids is 1. The maximum absolute atomic E-state index is 12.8. The van der Waals surface area contributed by atoms with Gasteiger partial charge >= 0.3 is 5.97 Å². The van der Waals surface area contributed by atoms with Gasteiger partial charge in [0.2, 0.25) is 5.95 Å². The van der Waals surface area contributed by atoms with E-state index in [2.05, 4.69) is 25.1 Å². The Morgan fingerprint density at radius 1 is 0.903 bits per heavy atom. The lowest BCUT2D eigenvalue weighted by Crippen LogP contribution is -2.47. The molecule has 8 heteroatoms. The molecule has 3 aromatic rings. The van der Waals surface area contributed by atoms with Crippen LogP contribution in [0.4, 0.5) is 17.3 Å². The fourth-order valence-corrected chi connectivity index (χ4v) is 3.55. The predicted octanol–water partition coefficient (Wildman–Crippen LogP) is 3.06. The summed E-state index contributed by atoms with van der Waals surface area (Å²) in [5.74, 6) is -0.625. The molecule has 31 heavy (non-hydrogen) atoms. The van der Waals surface area contributed by atoms with Gasteiger partial charge in [0.25, 0.3) is 5.91 Å². The average Bonchev–Trinajstić information content (AvgIpc) is 2.80. The smallest absolute Gasteiger partial charge is 0.335 e. The molecule has 1 aliphatic rings. The number of piperazine rings is 1. The van der Waals surface area contributed by atoms with Gasteiger partial charge in [0, 0.05) is 44.1 Å². The Balaban J connectivity index is 1.55. The molecule has 0 saturated carbocycles. The summed E-state index contributed by atoms with van der Waals surface area (Å²) in [5.41, 5.74) is 2.97. The van der Waals surface area contributed by atoms with E-state index in [4.69, 9.17) is 0 Å². The van der Waals surface area contributed by atoms with Gasteiger partial charge in [0.1, 0.15) is 0 Å². The lowest BCUT2D eigenvalue weighted by Gasteiger charge is -2.37. The number of hydrogen-bond donors (Lipinski definition) is 2. The fraction of sp³-hybridized carbons (Fsp3) is 0.217. The minimum atomic E-state index is -1.04. The van der Waals surface area contributed by atoms with E-state index in [0.29, 0.717) is 30.3 Å². The molecule has 1 saturated heterocycles. The molecule has 0 bridgehead atoms. The standard InChI is InChI=1S/C23H23N5O3/c1-16-3-5-17(6-4-16)21(29)26-19-15-18(22(30)31)7-8-20(19)27-11-13-28(14-12-27)23-24-9-2-10-25-23/h2-10,15H,11-14H2,1H3,(H,26,29)(H,30,31). The van der Waals surface area contributed by atoms with Gasteiger partial charge in [-0.25, -0.2) is 14.8 Å². The number of rotatable bonds is 5. The highest BCUT2D eigenvalue weighted by Gasteiger charge is 2.22. The van der Waals surface area contributed by atoms with Crippen LogP contribution in [0.25, 0.3) is 0 Å². The predicted molar refractivity (Wildman–Crippen MR) is 119 cm³/mol. The Kier molecular flexibility index (Phi) is 5.79. The first-order valence-corrected chi connectivity index (χ1v) is 10.0. The molecule has 2 heterocycles. The minimum absolute atomic E-state index is 0.124. The molecule has 1 fully saturated rings. The number of nitrogens with zero attached hydrogens (tertiary/aromatic N) is 4. The number of aromatic nitrogens is 2. The first kappa shape index (κ1) is 20.3. The third-order valence-electron chi connectivity index (χ3n) is 5.26. The number of carboxylic acid groups (broad SMARTS) is 1. The monoisotopic (exact) mass is 417 g/mol. The van der Waals surface area contributed by atoms with Gasteiger partial charge in [0.15, 0.2) is 0 Å². The Morgan fingerprint density at radius 2 is 1.52 bits per heavy atom. The summed E-state index contributed by atoms with van der Waals surface area (Å²) >= 11 is 0. The fourth-order valence-electron chi connectivity index (χ4n) is 3.55. The molecule has 0 spiro atoms. The second-order valence-corrected chi connectivity index (χ2v) is 7.38. The first-order valence-electron chi connectivity index (χ1n) is 10.0. The van der Waals surface area contributed by atoms with Crippen LogP contribution >= 0.6 is 0 Å². The van der Waals surface area contributed by atoms with Crippen LogP contribution in [0.15, 0.2) is 60.9 Å². The highest BCUT2D eigenvalue weighted by molar-refractivity contribution is 6.06. The minimum Gasteiger partial charge on any atom is -0.478 e. The van der Waals surface area contributed by atoms with Gasteiger partial charge in [-0.05, 0) is 43.3 Å². The van der Waals surface area contributed by atoms with Gasteiger partial charge in [0.05, 0.1) is 16.9 Å². The van der Waals surface area contributed by atoms with Crippen molar-refractivity contribution in [2.45, 2.75) is 6.92 Å². The van der Waals surface area contributed by atoms with Crippen molar-refractivity contribution < 1.29 is 14.7 Å². The molecule has 2 aromatic carbocycles.